The Balaban J connectivity index is 1.33. The van der Waals surface area contributed by atoms with Gasteiger partial charge in [-0.3, -0.25) is 14.7 Å². The molecule has 2 aromatic heterocycles. The highest BCUT2D eigenvalue weighted by atomic mass is 16.1. The smallest absolute Gasteiger partial charge is 0.270 e. The molecule has 7 nitrogen and oxygen atoms in total. The maximum atomic E-state index is 12.5. The Labute approximate surface area is 181 Å². The van der Waals surface area contributed by atoms with Crippen LogP contribution in [0.3, 0.4) is 0 Å². The Kier molecular flexibility index (Phi) is 5.58. The van der Waals surface area contributed by atoms with Gasteiger partial charge in [-0.2, -0.15) is 0 Å². The van der Waals surface area contributed by atoms with Crippen molar-refractivity contribution in [3.8, 4) is 11.4 Å². The van der Waals surface area contributed by atoms with E-state index in [2.05, 4.69) is 31.6 Å². The molecule has 0 aliphatic carbocycles. The number of amides is 1. The minimum absolute atomic E-state index is 0.116. The molecule has 0 atom stereocenters. The molecule has 0 bridgehead atoms. The van der Waals surface area contributed by atoms with Gasteiger partial charge in [0.05, 0.1) is 0 Å². The number of aromatic nitrogens is 3. The van der Waals surface area contributed by atoms with Crippen molar-refractivity contribution >= 4 is 11.7 Å². The predicted molar refractivity (Wildman–Crippen MR) is 120 cm³/mol. The van der Waals surface area contributed by atoms with Gasteiger partial charge in [-0.15, -0.1) is 0 Å². The summed E-state index contributed by atoms with van der Waals surface area (Å²) in [5.41, 5.74) is 3.59. The summed E-state index contributed by atoms with van der Waals surface area (Å²) >= 11 is 0. The number of hydrogen-bond acceptors (Lipinski definition) is 6. The number of carbonyl (C=O) groups is 1. The first-order valence-electron chi connectivity index (χ1n) is 10.9. The fourth-order valence-electron chi connectivity index (χ4n) is 4.31. The standard InChI is InChI=1S/C24H26N6O/c31-24-21-20(8-12-26-24)23(29-22(28-21)18-6-2-1-3-7-18)27-19-9-13-30(14-10-19)16-17-5-4-11-25-15-17/h1-7,11,15,19H,8-10,12-14,16H2,(H,26,31)(H,27,28,29). The number of likely N-dealkylation sites (tertiary alicyclic amines) is 1. The molecular weight excluding hydrogens is 388 g/mol. The van der Waals surface area contributed by atoms with Gasteiger partial charge >= 0.3 is 0 Å². The summed E-state index contributed by atoms with van der Waals surface area (Å²) in [6.07, 6.45) is 6.57. The number of pyridine rings is 1. The number of nitrogens with zero attached hydrogens (tertiary/aromatic N) is 4. The number of nitrogens with one attached hydrogen (secondary N) is 2. The number of carbonyl (C=O) groups excluding carboxylic acids is 1. The monoisotopic (exact) mass is 414 g/mol. The fourth-order valence-corrected chi connectivity index (χ4v) is 4.31. The van der Waals surface area contributed by atoms with Gasteiger partial charge in [-0.1, -0.05) is 36.4 Å². The van der Waals surface area contributed by atoms with Crippen molar-refractivity contribution in [2.24, 2.45) is 0 Å². The molecule has 1 saturated heterocycles. The van der Waals surface area contributed by atoms with E-state index >= 15 is 0 Å². The molecule has 2 aliphatic heterocycles. The molecule has 1 fully saturated rings. The van der Waals surface area contributed by atoms with E-state index < -0.39 is 0 Å². The van der Waals surface area contributed by atoms with Crippen molar-refractivity contribution < 1.29 is 4.79 Å². The molecule has 5 rings (SSSR count). The molecule has 0 radical (unpaired) electrons. The van der Waals surface area contributed by atoms with E-state index in [-0.39, 0.29) is 5.91 Å². The maximum Gasteiger partial charge on any atom is 0.270 e. The summed E-state index contributed by atoms with van der Waals surface area (Å²) < 4.78 is 0. The molecule has 158 valence electrons. The van der Waals surface area contributed by atoms with E-state index in [4.69, 9.17) is 4.98 Å². The van der Waals surface area contributed by atoms with Crippen molar-refractivity contribution in [1.82, 2.24) is 25.2 Å². The van der Waals surface area contributed by atoms with E-state index in [9.17, 15) is 4.79 Å². The summed E-state index contributed by atoms with van der Waals surface area (Å²) in [5, 5.41) is 6.56. The van der Waals surface area contributed by atoms with Crippen LogP contribution in [-0.2, 0) is 13.0 Å². The van der Waals surface area contributed by atoms with E-state index in [0.29, 0.717) is 24.1 Å². The van der Waals surface area contributed by atoms with E-state index in [1.807, 2.05) is 48.8 Å². The predicted octanol–water partition coefficient (Wildman–Crippen LogP) is 2.90. The van der Waals surface area contributed by atoms with Gasteiger partial charge in [0.15, 0.2) is 5.82 Å². The number of rotatable bonds is 5. The highest BCUT2D eigenvalue weighted by molar-refractivity contribution is 5.96. The minimum atomic E-state index is -0.116. The summed E-state index contributed by atoms with van der Waals surface area (Å²) in [5.74, 6) is 1.28. The van der Waals surface area contributed by atoms with Crippen LogP contribution in [0.5, 0.6) is 0 Å². The van der Waals surface area contributed by atoms with Crippen LogP contribution in [0.15, 0.2) is 54.9 Å². The van der Waals surface area contributed by atoms with Crippen molar-refractivity contribution in [3.05, 3.63) is 71.7 Å². The molecule has 0 saturated carbocycles. The average Bonchev–Trinajstić information content (AvgIpc) is 2.82. The lowest BCUT2D eigenvalue weighted by molar-refractivity contribution is 0.0940. The molecule has 31 heavy (non-hydrogen) atoms. The molecule has 1 amide bonds. The molecule has 2 aliphatic rings. The summed E-state index contributed by atoms with van der Waals surface area (Å²) in [7, 11) is 0. The SMILES string of the molecule is O=C1NCCc2c(NC3CCN(Cc4cccnc4)CC3)nc(-c3ccccc3)nc21. The highest BCUT2D eigenvalue weighted by Crippen LogP contribution is 2.27. The first kappa shape index (κ1) is 19.6. The van der Waals surface area contributed by atoms with Gasteiger partial charge in [-0.25, -0.2) is 9.97 Å². The van der Waals surface area contributed by atoms with Crippen LogP contribution >= 0.6 is 0 Å². The number of anilines is 1. The summed E-state index contributed by atoms with van der Waals surface area (Å²) in [6, 6.07) is 14.3. The Bertz CT molecular complexity index is 1050. The maximum absolute atomic E-state index is 12.5. The van der Waals surface area contributed by atoms with Gasteiger partial charge in [-0.05, 0) is 30.9 Å². The largest absolute Gasteiger partial charge is 0.367 e. The number of fused-ring (bicyclic) bond motifs is 1. The first-order valence-corrected chi connectivity index (χ1v) is 10.9. The molecule has 3 aromatic rings. The number of hydrogen-bond donors (Lipinski definition) is 2. The van der Waals surface area contributed by atoms with Crippen molar-refractivity contribution in [2.75, 3.05) is 25.0 Å². The van der Waals surface area contributed by atoms with Gasteiger partial charge < -0.3 is 10.6 Å². The Hall–Kier alpha value is -3.32. The Morgan fingerprint density at radius 2 is 1.90 bits per heavy atom. The summed E-state index contributed by atoms with van der Waals surface area (Å²) in [4.78, 5) is 28.6. The third kappa shape index (κ3) is 4.41. The highest BCUT2D eigenvalue weighted by Gasteiger charge is 2.26. The molecule has 2 N–H and O–H groups in total. The third-order valence-electron chi connectivity index (χ3n) is 5.97. The molecular formula is C24H26N6O. The Morgan fingerprint density at radius 3 is 2.68 bits per heavy atom. The molecule has 7 heteroatoms. The van der Waals surface area contributed by atoms with Gasteiger partial charge in [0, 0.05) is 55.7 Å². The lowest BCUT2D eigenvalue weighted by atomic mass is 10.0. The van der Waals surface area contributed by atoms with Crippen LogP contribution in [0.1, 0.15) is 34.5 Å². The van der Waals surface area contributed by atoms with Crippen LogP contribution in [0, 0.1) is 0 Å². The van der Waals surface area contributed by atoms with Crippen molar-refractivity contribution in [1.29, 1.82) is 0 Å². The van der Waals surface area contributed by atoms with Crippen molar-refractivity contribution in [3.63, 3.8) is 0 Å². The lowest BCUT2D eigenvalue weighted by Gasteiger charge is -2.33. The zero-order valence-electron chi connectivity index (χ0n) is 17.4. The van der Waals surface area contributed by atoms with Crippen LogP contribution in [0.4, 0.5) is 5.82 Å². The normalized spacial score (nSPS) is 17.1. The lowest BCUT2D eigenvalue weighted by Crippen LogP contribution is -2.40. The van der Waals surface area contributed by atoms with Crippen LogP contribution < -0.4 is 10.6 Å². The summed E-state index contributed by atoms with van der Waals surface area (Å²) in [6.45, 7) is 3.59. The second-order valence-corrected chi connectivity index (χ2v) is 8.15. The average molecular weight is 415 g/mol. The topological polar surface area (TPSA) is 83.0 Å². The molecule has 0 spiro atoms. The minimum Gasteiger partial charge on any atom is -0.367 e. The second kappa shape index (κ2) is 8.81. The first-order chi connectivity index (χ1) is 15.3. The van der Waals surface area contributed by atoms with Gasteiger partial charge in [0.25, 0.3) is 5.91 Å². The zero-order valence-corrected chi connectivity index (χ0v) is 17.4. The quantitative estimate of drug-likeness (QED) is 0.668. The molecule has 0 unspecified atom stereocenters. The van der Waals surface area contributed by atoms with E-state index in [0.717, 1.165) is 55.8 Å². The molecule has 1 aromatic carbocycles. The number of piperidine rings is 1. The second-order valence-electron chi connectivity index (χ2n) is 8.15. The van der Waals surface area contributed by atoms with Gasteiger partial charge in [0.2, 0.25) is 0 Å². The Morgan fingerprint density at radius 1 is 1.06 bits per heavy atom. The fraction of sp³-hybridized carbons (Fsp3) is 0.333. The van der Waals surface area contributed by atoms with Crippen molar-refractivity contribution in [2.45, 2.75) is 31.8 Å². The zero-order chi connectivity index (χ0) is 21.0. The van der Waals surface area contributed by atoms with Crippen LogP contribution in [-0.4, -0.2) is 51.4 Å². The van der Waals surface area contributed by atoms with E-state index in [1.165, 1.54) is 5.56 Å². The van der Waals surface area contributed by atoms with Crippen LogP contribution in [0.25, 0.3) is 11.4 Å². The molecule has 4 heterocycles. The number of benzene rings is 1. The van der Waals surface area contributed by atoms with E-state index in [1.54, 1.807) is 0 Å². The third-order valence-corrected chi connectivity index (χ3v) is 5.97. The van der Waals surface area contributed by atoms with Crippen LogP contribution in [0.2, 0.25) is 0 Å². The van der Waals surface area contributed by atoms with Gasteiger partial charge in [0.1, 0.15) is 11.5 Å².